The molecule has 0 aromatic heterocycles. The Labute approximate surface area is 133 Å². The van der Waals surface area contributed by atoms with Crippen LogP contribution in [0, 0.1) is 11.3 Å². The highest BCUT2D eigenvalue weighted by molar-refractivity contribution is 5.97. The molecule has 23 heavy (non-hydrogen) atoms. The predicted molar refractivity (Wildman–Crippen MR) is 85.5 cm³/mol. The molecule has 0 spiro atoms. The molecular formula is C17H15N3O3. The van der Waals surface area contributed by atoms with Crippen molar-refractivity contribution in [1.29, 1.82) is 5.26 Å². The number of carbonyl (C=O) groups excluding carboxylic acids is 2. The molecule has 116 valence electrons. The molecule has 0 aliphatic carbocycles. The van der Waals surface area contributed by atoms with Crippen molar-refractivity contribution < 1.29 is 14.3 Å². The zero-order chi connectivity index (χ0) is 16.8. The molecule has 1 atom stereocenters. The van der Waals surface area contributed by atoms with Gasteiger partial charge in [0.2, 0.25) is 0 Å². The summed E-state index contributed by atoms with van der Waals surface area (Å²) in [6.07, 6.45) is -0.962. The van der Waals surface area contributed by atoms with Crippen LogP contribution in [0.1, 0.15) is 22.8 Å². The fourth-order valence-corrected chi connectivity index (χ4v) is 1.77. The first-order valence-electron chi connectivity index (χ1n) is 6.87. The van der Waals surface area contributed by atoms with E-state index < -0.39 is 18.0 Å². The Kier molecular flexibility index (Phi) is 4.95. The maximum absolute atomic E-state index is 12.0. The Hall–Kier alpha value is -3.33. The maximum atomic E-state index is 12.0. The monoisotopic (exact) mass is 309 g/mol. The van der Waals surface area contributed by atoms with Gasteiger partial charge in [-0.05, 0) is 55.5 Å². The number of amides is 1. The number of esters is 1. The van der Waals surface area contributed by atoms with Crippen LogP contribution in [0.15, 0.2) is 48.5 Å². The number of carbonyl (C=O) groups is 2. The molecule has 0 unspecified atom stereocenters. The lowest BCUT2D eigenvalue weighted by atomic mass is 10.2. The first-order chi connectivity index (χ1) is 11.0. The van der Waals surface area contributed by atoms with Gasteiger partial charge in [-0.2, -0.15) is 5.26 Å². The molecular weight excluding hydrogens is 294 g/mol. The number of benzene rings is 2. The predicted octanol–water partition coefficient (Wildman–Crippen LogP) is 2.32. The van der Waals surface area contributed by atoms with Crippen LogP contribution in [-0.4, -0.2) is 18.0 Å². The Bertz CT molecular complexity index is 746. The molecule has 0 saturated carbocycles. The van der Waals surface area contributed by atoms with E-state index in [1.165, 1.54) is 19.1 Å². The van der Waals surface area contributed by atoms with Crippen LogP contribution in [-0.2, 0) is 9.53 Å². The molecule has 0 fully saturated rings. The Morgan fingerprint density at radius 2 is 1.74 bits per heavy atom. The molecule has 2 aromatic carbocycles. The number of rotatable bonds is 4. The topological polar surface area (TPSA) is 105 Å². The van der Waals surface area contributed by atoms with E-state index in [-0.39, 0.29) is 0 Å². The Balaban J connectivity index is 1.95. The lowest BCUT2D eigenvalue weighted by Crippen LogP contribution is -2.30. The molecule has 0 radical (unpaired) electrons. The molecule has 3 N–H and O–H groups in total. The van der Waals surface area contributed by atoms with Gasteiger partial charge in [0.15, 0.2) is 6.10 Å². The lowest BCUT2D eigenvalue weighted by molar-refractivity contribution is -0.123. The molecule has 0 saturated heterocycles. The van der Waals surface area contributed by atoms with E-state index in [2.05, 4.69) is 5.32 Å². The maximum Gasteiger partial charge on any atom is 0.338 e. The molecule has 2 rings (SSSR count). The third-order valence-corrected chi connectivity index (χ3v) is 3.08. The van der Waals surface area contributed by atoms with E-state index in [0.717, 1.165) is 0 Å². The quantitative estimate of drug-likeness (QED) is 0.666. The number of nitrogens with zero attached hydrogens (tertiary/aromatic N) is 1. The summed E-state index contributed by atoms with van der Waals surface area (Å²) < 4.78 is 5.11. The van der Waals surface area contributed by atoms with Gasteiger partial charge in [0.25, 0.3) is 5.91 Å². The molecule has 0 aliphatic rings. The van der Waals surface area contributed by atoms with Crippen molar-refractivity contribution >= 4 is 23.3 Å². The van der Waals surface area contributed by atoms with Gasteiger partial charge < -0.3 is 15.8 Å². The minimum Gasteiger partial charge on any atom is -0.449 e. The van der Waals surface area contributed by atoms with Crippen molar-refractivity contribution in [2.24, 2.45) is 0 Å². The van der Waals surface area contributed by atoms with Crippen LogP contribution in [0.4, 0.5) is 11.4 Å². The first-order valence-corrected chi connectivity index (χ1v) is 6.87. The summed E-state index contributed by atoms with van der Waals surface area (Å²) in [6.45, 7) is 1.48. The van der Waals surface area contributed by atoms with Crippen molar-refractivity contribution in [3.8, 4) is 6.07 Å². The average Bonchev–Trinajstić information content (AvgIpc) is 2.56. The highest BCUT2D eigenvalue weighted by atomic mass is 16.5. The van der Waals surface area contributed by atoms with E-state index >= 15 is 0 Å². The highest BCUT2D eigenvalue weighted by Crippen LogP contribution is 2.11. The summed E-state index contributed by atoms with van der Waals surface area (Å²) in [5, 5.41) is 11.3. The van der Waals surface area contributed by atoms with E-state index in [1.807, 2.05) is 6.07 Å². The normalized spacial score (nSPS) is 11.1. The van der Waals surface area contributed by atoms with Gasteiger partial charge in [-0.25, -0.2) is 4.79 Å². The molecule has 6 heteroatoms. The molecule has 0 aliphatic heterocycles. The van der Waals surface area contributed by atoms with E-state index in [9.17, 15) is 9.59 Å². The fraction of sp³-hybridized carbons (Fsp3) is 0.118. The number of nitrogens with one attached hydrogen (secondary N) is 1. The number of anilines is 2. The van der Waals surface area contributed by atoms with Crippen molar-refractivity contribution in [2.75, 3.05) is 11.1 Å². The lowest BCUT2D eigenvalue weighted by Gasteiger charge is -2.13. The van der Waals surface area contributed by atoms with Crippen LogP contribution in [0.25, 0.3) is 0 Å². The summed E-state index contributed by atoms with van der Waals surface area (Å²) in [6, 6.07) is 14.6. The van der Waals surface area contributed by atoms with E-state index in [1.54, 1.807) is 36.4 Å². The molecule has 0 bridgehead atoms. The second-order valence-electron chi connectivity index (χ2n) is 4.85. The van der Waals surface area contributed by atoms with Crippen molar-refractivity contribution in [3.05, 3.63) is 59.7 Å². The third-order valence-electron chi connectivity index (χ3n) is 3.08. The van der Waals surface area contributed by atoms with Gasteiger partial charge in [-0.1, -0.05) is 0 Å². The fourth-order valence-electron chi connectivity index (χ4n) is 1.77. The smallest absolute Gasteiger partial charge is 0.338 e. The molecule has 1 amide bonds. The zero-order valence-corrected chi connectivity index (χ0v) is 12.4. The van der Waals surface area contributed by atoms with Crippen molar-refractivity contribution in [1.82, 2.24) is 0 Å². The van der Waals surface area contributed by atoms with Gasteiger partial charge in [0, 0.05) is 11.4 Å². The van der Waals surface area contributed by atoms with Crippen LogP contribution in [0.2, 0.25) is 0 Å². The van der Waals surface area contributed by atoms with E-state index in [0.29, 0.717) is 22.5 Å². The van der Waals surface area contributed by atoms with Crippen LogP contribution < -0.4 is 11.1 Å². The van der Waals surface area contributed by atoms with Crippen molar-refractivity contribution in [2.45, 2.75) is 13.0 Å². The first kappa shape index (κ1) is 16.0. The van der Waals surface area contributed by atoms with Gasteiger partial charge >= 0.3 is 5.97 Å². The summed E-state index contributed by atoms with van der Waals surface area (Å²) in [7, 11) is 0. The number of hydrogen-bond donors (Lipinski definition) is 2. The minimum atomic E-state index is -0.962. The van der Waals surface area contributed by atoms with Gasteiger partial charge in [0.1, 0.15) is 0 Å². The molecule has 2 aromatic rings. The second-order valence-corrected chi connectivity index (χ2v) is 4.85. The SMILES string of the molecule is C[C@@H](OC(=O)c1ccc(N)cc1)C(=O)Nc1ccc(C#N)cc1. The second kappa shape index (κ2) is 7.09. The van der Waals surface area contributed by atoms with Crippen LogP contribution in [0.5, 0.6) is 0 Å². The van der Waals surface area contributed by atoms with Crippen LogP contribution >= 0.6 is 0 Å². The van der Waals surface area contributed by atoms with Gasteiger partial charge in [-0.15, -0.1) is 0 Å². The molecule has 6 nitrogen and oxygen atoms in total. The summed E-state index contributed by atoms with van der Waals surface area (Å²) in [5.41, 5.74) is 7.41. The Morgan fingerprint density at radius 1 is 1.13 bits per heavy atom. The van der Waals surface area contributed by atoms with Gasteiger partial charge in [-0.3, -0.25) is 4.79 Å². The molecule has 0 heterocycles. The number of nitrogen functional groups attached to an aromatic ring is 1. The third kappa shape index (κ3) is 4.32. The number of nitriles is 1. The highest BCUT2D eigenvalue weighted by Gasteiger charge is 2.19. The number of ether oxygens (including phenoxy) is 1. The average molecular weight is 309 g/mol. The zero-order valence-electron chi connectivity index (χ0n) is 12.4. The minimum absolute atomic E-state index is 0.317. The van der Waals surface area contributed by atoms with E-state index in [4.69, 9.17) is 15.7 Å². The number of nitrogens with two attached hydrogens (primary N) is 1. The standard InChI is InChI=1S/C17H15N3O3/c1-11(23-17(22)13-4-6-14(19)7-5-13)16(21)20-15-8-2-12(10-18)3-9-15/h2-9,11H,19H2,1H3,(H,20,21)/t11-/m1/s1. The van der Waals surface area contributed by atoms with Crippen molar-refractivity contribution in [3.63, 3.8) is 0 Å². The van der Waals surface area contributed by atoms with Gasteiger partial charge in [0.05, 0.1) is 17.2 Å². The Morgan fingerprint density at radius 3 is 2.30 bits per heavy atom. The summed E-state index contributed by atoms with van der Waals surface area (Å²) in [4.78, 5) is 23.9. The van der Waals surface area contributed by atoms with Crippen LogP contribution in [0.3, 0.4) is 0 Å². The summed E-state index contributed by atoms with van der Waals surface area (Å²) >= 11 is 0. The largest absolute Gasteiger partial charge is 0.449 e. The number of hydrogen-bond acceptors (Lipinski definition) is 5. The summed E-state index contributed by atoms with van der Waals surface area (Å²) in [5.74, 6) is -1.06.